The van der Waals surface area contributed by atoms with Crippen molar-refractivity contribution in [1.82, 2.24) is 10.3 Å². The fourth-order valence-corrected chi connectivity index (χ4v) is 1.57. The normalized spacial score (nSPS) is 12.9. The van der Waals surface area contributed by atoms with Crippen LogP contribution >= 0.6 is 0 Å². The van der Waals surface area contributed by atoms with Gasteiger partial charge in [0.2, 0.25) is 0 Å². The number of methoxy groups -OCH3 is 1. The molecule has 1 amide bonds. The van der Waals surface area contributed by atoms with Crippen molar-refractivity contribution in [3.8, 4) is 6.07 Å². The topological polar surface area (TPSA) is 92.1 Å². The number of nitriles is 1. The van der Waals surface area contributed by atoms with Crippen molar-refractivity contribution in [1.29, 1.82) is 5.26 Å². The van der Waals surface area contributed by atoms with Crippen LogP contribution in [0.3, 0.4) is 0 Å². The number of nitrogens with zero attached hydrogens (tertiary/aromatic N) is 2. The van der Waals surface area contributed by atoms with Crippen LogP contribution in [0.15, 0.2) is 24.5 Å². The van der Waals surface area contributed by atoms with Gasteiger partial charge < -0.3 is 10.1 Å². The van der Waals surface area contributed by atoms with E-state index in [1.807, 2.05) is 6.07 Å². The molecule has 1 atom stereocenters. The van der Waals surface area contributed by atoms with E-state index in [4.69, 9.17) is 5.26 Å². The predicted molar refractivity (Wildman–Crippen MR) is 67.0 cm³/mol. The second-order valence-electron chi connectivity index (χ2n) is 4.18. The molecule has 6 heteroatoms. The Bertz CT molecular complexity index is 496. The highest BCUT2D eigenvalue weighted by Crippen LogP contribution is 2.15. The second-order valence-corrected chi connectivity index (χ2v) is 4.18. The van der Waals surface area contributed by atoms with E-state index in [2.05, 4.69) is 15.0 Å². The minimum absolute atomic E-state index is 0.138. The molecule has 6 nitrogen and oxygen atoms in total. The molecule has 0 radical (unpaired) electrons. The van der Waals surface area contributed by atoms with E-state index < -0.39 is 17.4 Å². The van der Waals surface area contributed by atoms with E-state index in [1.165, 1.54) is 20.2 Å². The van der Waals surface area contributed by atoms with Gasteiger partial charge in [-0.25, -0.2) is 4.79 Å². The summed E-state index contributed by atoms with van der Waals surface area (Å²) in [5.74, 6) is -1.01. The standard InChI is InChI=1S/C13H15N3O3/c1-13(6-4-7-14,12(18)19-2)16-11(17)10-5-3-8-15-9-10/h3,5,8-9H,4,6H2,1-2H3,(H,16,17)/t13-/m1/s1. The second kappa shape index (κ2) is 6.50. The van der Waals surface area contributed by atoms with Gasteiger partial charge in [-0.15, -0.1) is 0 Å². The fourth-order valence-electron chi connectivity index (χ4n) is 1.57. The maximum atomic E-state index is 12.0. The maximum absolute atomic E-state index is 12.0. The van der Waals surface area contributed by atoms with Crippen molar-refractivity contribution in [2.24, 2.45) is 0 Å². The van der Waals surface area contributed by atoms with Gasteiger partial charge in [0.1, 0.15) is 5.54 Å². The van der Waals surface area contributed by atoms with Crippen molar-refractivity contribution in [2.75, 3.05) is 7.11 Å². The van der Waals surface area contributed by atoms with E-state index in [0.717, 1.165) is 0 Å². The Kier molecular flexibility index (Phi) is 5.01. The van der Waals surface area contributed by atoms with Gasteiger partial charge in [0.05, 0.1) is 18.7 Å². The first kappa shape index (κ1) is 14.6. The van der Waals surface area contributed by atoms with E-state index in [1.54, 1.807) is 18.3 Å². The van der Waals surface area contributed by atoms with Crippen LogP contribution in [0.5, 0.6) is 0 Å². The SMILES string of the molecule is COC(=O)[C@@](C)(CCC#N)NC(=O)c1cccnc1. The molecule has 0 aliphatic heterocycles. The van der Waals surface area contributed by atoms with E-state index >= 15 is 0 Å². The summed E-state index contributed by atoms with van der Waals surface area (Å²) in [6.07, 6.45) is 3.27. The van der Waals surface area contributed by atoms with Gasteiger partial charge >= 0.3 is 5.97 Å². The number of aromatic nitrogens is 1. The van der Waals surface area contributed by atoms with Crippen molar-refractivity contribution < 1.29 is 14.3 Å². The molecule has 0 fully saturated rings. The molecule has 0 spiro atoms. The van der Waals surface area contributed by atoms with E-state index in [0.29, 0.717) is 5.56 Å². The molecule has 1 heterocycles. The summed E-state index contributed by atoms with van der Waals surface area (Å²) in [5.41, 5.74) is -0.883. The number of carbonyl (C=O) groups is 2. The number of hydrogen-bond donors (Lipinski definition) is 1. The molecule has 100 valence electrons. The van der Waals surface area contributed by atoms with Crippen LogP contribution in [0.2, 0.25) is 0 Å². The molecule has 1 aromatic heterocycles. The first-order chi connectivity index (χ1) is 9.03. The minimum Gasteiger partial charge on any atom is -0.467 e. The highest BCUT2D eigenvalue weighted by Gasteiger charge is 2.35. The number of carbonyl (C=O) groups excluding carboxylic acids is 2. The lowest BCUT2D eigenvalue weighted by Crippen LogP contribution is -2.52. The zero-order valence-corrected chi connectivity index (χ0v) is 10.8. The van der Waals surface area contributed by atoms with Crippen LogP contribution in [-0.4, -0.2) is 29.5 Å². The molecule has 0 saturated heterocycles. The zero-order valence-electron chi connectivity index (χ0n) is 10.8. The van der Waals surface area contributed by atoms with Gasteiger partial charge in [-0.2, -0.15) is 5.26 Å². The molecule has 0 aromatic carbocycles. The number of nitrogens with one attached hydrogen (secondary N) is 1. The number of hydrogen-bond acceptors (Lipinski definition) is 5. The average molecular weight is 261 g/mol. The number of pyridine rings is 1. The van der Waals surface area contributed by atoms with Crippen molar-refractivity contribution in [3.05, 3.63) is 30.1 Å². The molecule has 1 rings (SSSR count). The van der Waals surface area contributed by atoms with Gasteiger partial charge in [0.15, 0.2) is 0 Å². The monoisotopic (exact) mass is 261 g/mol. The summed E-state index contributed by atoms with van der Waals surface area (Å²) in [5, 5.41) is 11.2. The van der Waals surface area contributed by atoms with Crippen molar-refractivity contribution in [3.63, 3.8) is 0 Å². The maximum Gasteiger partial charge on any atom is 0.331 e. The summed E-state index contributed by atoms with van der Waals surface area (Å²) < 4.78 is 4.67. The highest BCUT2D eigenvalue weighted by molar-refractivity contribution is 5.97. The van der Waals surface area contributed by atoms with E-state index in [9.17, 15) is 9.59 Å². The minimum atomic E-state index is -1.22. The van der Waals surface area contributed by atoms with Crippen LogP contribution in [-0.2, 0) is 9.53 Å². The van der Waals surface area contributed by atoms with Gasteiger partial charge in [0.25, 0.3) is 5.91 Å². The van der Waals surface area contributed by atoms with Crippen LogP contribution < -0.4 is 5.32 Å². The smallest absolute Gasteiger partial charge is 0.331 e. The lowest BCUT2D eigenvalue weighted by molar-refractivity contribution is -0.147. The third kappa shape index (κ3) is 3.78. The first-order valence-corrected chi connectivity index (χ1v) is 5.71. The quantitative estimate of drug-likeness (QED) is 0.800. The molecule has 0 bridgehead atoms. The number of ether oxygens (including phenoxy) is 1. The van der Waals surface area contributed by atoms with Gasteiger partial charge in [-0.05, 0) is 25.5 Å². The van der Waals surface area contributed by atoms with Crippen LogP contribution in [0.1, 0.15) is 30.1 Å². The molecular weight excluding hydrogens is 246 g/mol. The highest BCUT2D eigenvalue weighted by atomic mass is 16.5. The summed E-state index contributed by atoms with van der Waals surface area (Å²) in [6, 6.07) is 5.16. The fraction of sp³-hybridized carbons (Fsp3) is 0.385. The van der Waals surface area contributed by atoms with Crippen LogP contribution in [0.4, 0.5) is 0 Å². The van der Waals surface area contributed by atoms with Crippen molar-refractivity contribution in [2.45, 2.75) is 25.3 Å². The Labute approximate surface area is 111 Å². The molecule has 0 aliphatic rings. The molecule has 0 aliphatic carbocycles. The summed E-state index contributed by atoms with van der Waals surface area (Å²) >= 11 is 0. The number of amides is 1. The first-order valence-electron chi connectivity index (χ1n) is 5.71. The Balaban J connectivity index is 2.87. The molecule has 1 N–H and O–H groups in total. The Morgan fingerprint density at radius 1 is 1.58 bits per heavy atom. The third-order valence-corrected chi connectivity index (χ3v) is 2.69. The lowest BCUT2D eigenvalue weighted by Gasteiger charge is -2.27. The lowest BCUT2D eigenvalue weighted by atomic mass is 9.95. The van der Waals surface area contributed by atoms with E-state index in [-0.39, 0.29) is 12.8 Å². The largest absolute Gasteiger partial charge is 0.467 e. The van der Waals surface area contributed by atoms with Crippen LogP contribution in [0.25, 0.3) is 0 Å². The van der Waals surface area contributed by atoms with Gasteiger partial charge in [0, 0.05) is 18.8 Å². The summed E-state index contributed by atoms with van der Waals surface area (Å²) in [4.78, 5) is 27.6. The summed E-state index contributed by atoms with van der Waals surface area (Å²) in [6.45, 7) is 1.53. The molecule has 0 saturated carbocycles. The van der Waals surface area contributed by atoms with Gasteiger partial charge in [-0.1, -0.05) is 0 Å². The molecular formula is C13H15N3O3. The van der Waals surface area contributed by atoms with Crippen LogP contribution in [0, 0.1) is 11.3 Å². The predicted octanol–water partition coefficient (Wildman–Crippen LogP) is 1.05. The average Bonchev–Trinajstić information content (AvgIpc) is 2.45. The van der Waals surface area contributed by atoms with Gasteiger partial charge in [-0.3, -0.25) is 9.78 Å². The third-order valence-electron chi connectivity index (χ3n) is 2.69. The van der Waals surface area contributed by atoms with Crippen molar-refractivity contribution >= 4 is 11.9 Å². The Morgan fingerprint density at radius 3 is 2.84 bits per heavy atom. The summed E-state index contributed by atoms with van der Waals surface area (Å²) in [7, 11) is 1.24. The Hall–Kier alpha value is -2.42. The Morgan fingerprint density at radius 2 is 2.32 bits per heavy atom. The molecule has 0 unspecified atom stereocenters. The number of esters is 1. The molecule has 19 heavy (non-hydrogen) atoms. The number of rotatable bonds is 5. The zero-order chi connectivity index (χ0) is 14.3. The molecule has 1 aromatic rings.